The second kappa shape index (κ2) is 10.2. The first-order chi connectivity index (χ1) is 15.7. The molecule has 3 rings (SSSR count). The molecule has 3 aromatic rings. The van der Waals surface area contributed by atoms with Crippen molar-refractivity contribution < 1.29 is 19.2 Å². The maximum absolute atomic E-state index is 12.5. The van der Waals surface area contributed by atoms with Crippen LogP contribution in [-0.4, -0.2) is 32.8 Å². The Morgan fingerprint density at radius 2 is 1.88 bits per heavy atom. The van der Waals surface area contributed by atoms with E-state index in [1.807, 2.05) is 0 Å². The molecule has 1 atom stereocenters. The van der Waals surface area contributed by atoms with Gasteiger partial charge in [0.05, 0.1) is 16.7 Å². The van der Waals surface area contributed by atoms with Crippen LogP contribution in [0.1, 0.15) is 40.3 Å². The lowest BCUT2D eigenvalue weighted by molar-refractivity contribution is -0.386. The molecule has 11 heteroatoms. The summed E-state index contributed by atoms with van der Waals surface area (Å²) >= 11 is 3.32. The zero-order chi connectivity index (χ0) is 24.1. The molecule has 0 saturated heterocycles. The predicted octanol–water partition coefficient (Wildman–Crippen LogP) is 4.10. The Morgan fingerprint density at radius 1 is 1.21 bits per heavy atom. The molecule has 0 radical (unpaired) electrons. The second-order valence-corrected chi connectivity index (χ2v) is 7.89. The summed E-state index contributed by atoms with van der Waals surface area (Å²) in [5.74, 6) is -0.806. The van der Waals surface area contributed by atoms with Crippen LogP contribution in [0.4, 0.5) is 5.69 Å². The fourth-order valence-electron chi connectivity index (χ4n) is 3.13. The fraction of sp³-hybridized carbons (Fsp3) is 0.182. The Balaban J connectivity index is 1.72. The number of amides is 1. The molecule has 2 aromatic carbocycles. The molecule has 0 aliphatic heterocycles. The molecule has 1 heterocycles. The number of nitrogens with one attached hydrogen (secondary N) is 1. The van der Waals surface area contributed by atoms with Crippen LogP contribution in [0.5, 0.6) is 5.75 Å². The van der Waals surface area contributed by atoms with Gasteiger partial charge in [-0.1, -0.05) is 24.3 Å². The topological polar surface area (TPSA) is 129 Å². The third-order valence-electron chi connectivity index (χ3n) is 4.81. The third-order valence-corrected chi connectivity index (χ3v) is 5.50. The molecule has 0 saturated carbocycles. The SMILES string of the molecule is Cc1nn(C(C)C(=O)N/N=C/c2ccccc2OC(=O)c2ccccc2Br)c(C)c1[N+](=O)[O-]. The van der Waals surface area contributed by atoms with Gasteiger partial charge in [0.2, 0.25) is 0 Å². The van der Waals surface area contributed by atoms with Gasteiger partial charge in [0.1, 0.15) is 23.2 Å². The van der Waals surface area contributed by atoms with Crippen LogP contribution in [0.25, 0.3) is 0 Å². The molecular formula is C22H20BrN5O5. The molecule has 0 fully saturated rings. The highest BCUT2D eigenvalue weighted by molar-refractivity contribution is 9.10. The van der Waals surface area contributed by atoms with E-state index in [9.17, 15) is 19.7 Å². The quantitative estimate of drug-likeness (QED) is 0.166. The molecule has 0 aliphatic rings. The van der Waals surface area contributed by atoms with Crippen LogP contribution in [0.2, 0.25) is 0 Å². The summed E-state index contributed by atoms with van der Waals surface area (Å²) in [6, 6.07) is 12.8. The number of esters is 1. The predicted molar refractivity (Wildman–Crippen MR) is 124 cm³/mol. The Labute approximate surface area is 197 Å². The Kier molecular flexibility index (Phi) is 7.34. The first-order valence-electron chi connectivity index (χ1n) is 9.79. The maximum Gasteiger partial charge on any atom is 0.344 e. The Hall–Kier alpha value is -3.86. The zero-order valence-corrected chi connectivity index (χ0v) is 19.6. The van der Waals surface area contributed by atoms with Gasteiger partial charge in [-0.05, 0) is 61.0 Å². The summed E-state index contributed by atoms with van der Waals surface area (Å²) < 4.78 is 7.38. The van der Waals surface area contributed by atoms with Crippen LogP contribution in [-0.2, 0) is 4.79 Å². The van der Waals surface area contributed by atoms with E-state index in [-0.39, 0.29) is 22.8 Å². The van der Waals surface area contributed by atoms with Crippen LogP contribution in [0.15, 0.2) is 58.1 Å². The monoisotopic (exact) mass is 513 g/mol. The van der Waals surface area contributed by atoms with Gasteiger partial charge in [0.15, 0.2) is 0 Å². The number of hydrogen-bond donors (Lipinski definition) is 1. The van der Waals surface area contributed by atoms with Gasteiger partial charge >= 0.3 is 11.7 Å². The first kappa shape index (κ1) is 23.8. The highest BCUT2D eigenvalue weighted by Crippen LogP contribution is 2.25. The standard InChI is InChI=1S/C22H20BrN5O5/c1-13-20(28(31)32)14(2)27(26-13)15(3)21(29)25-24-12-16-8-4-7-11-19(16)33-22(30)17-9-5-6-10-18(17)23/h4-12,15H,1-3H3,(H,25,29)/b24-12+. The minimum atomic E-state index is -0.835. The number of rotatable bonds is 7. The van der Waals surface area contributed by atoms with Crippen molar-refractivity contribution in [2.24, 2.45) is 5.10 Å². The first-order valence-corrected chi connectivity index (χ1v) is 10.6. The Morgan fingerprint density at radius 3 is 2.55 bits per heavy atom. The van der Waals surface area contributed by atoms with Crippen molar-refractivity contribution >= 4 is 39.7 Å². The van der Waals surface area contributed by atoms with E-state index in [4.69, 9.17) is 4.74 Å². The number of para-hydroxylation sites is 1. The van der Waals surface area contributed by atoms with Gasteiger partial charge in [0.25, 0.3) is 5.91 Å². The molecule has 0 aliphatic carbocycles. The minimum Gasteiger partial charge on any atom is -0.422 e. The molecule has 0 spiro atoms. The van der Waals surface area contributed by atoms with Gasteiger partial charge in [-0.25, -0.2) is 10.2 Å². The van der Waals surface area contributed by atoms with Crippen molar-refractivity contribution in [3.05, 3.63) is 85.6 Å². The number of nitro groups is 1. The summed E-state index contributed by atoms with van der Waals surface area (Å²) in [5, 5.41) is 19.2. The van der Waals surface area contributed by atoms with Gasteiger partial charge in [-0.3, -0.25) is 19.6 Å². The van der Waals surface area contributed by atoms with Crippen LogP contribution in [0, 0.1) is 24.0 Å². The maximum atomic E-state index is 12.5. The average molecular weight is 514 g/mol. The molecule has 0 bridgehead atoms. The average Bonchev–Trinajstić information content (AvgIpc) is 3.08. The number of nitrogens with zero attached hydrogens (tertiary/aromatic N) is 4. The van der Waals surface area contributed by atoms with Crippen LogP contribution in [0.3, 0.4) is 0 Å². The third kappa shape index (κ3) is 5.32. The number of hydrazone groups is 1. The highest BCUT2D eigenvalue weighted by Gasteiger charge is 2.27. The number of carbonyl (C=O) groups is 2. The summed E-state index contributed by atoms with van der Waals surface area (Å²) in [6.07, 6.45) is 1.34. The number of ether oxygens (including phenoxy) is 1. The van der Waals surface area contributed by atoms with Crippen LogP contribution >= 0.6 is 15.9 Å². The van der Waals surface area contributed by atoms with Gasteiger partial charge in [-0.15, -0.1) is 0 Å². The molecular weight excluding hydrogens is 494 g/mol. The van der Waals surface area contributed by atoms with E-state index in [1.54, 1.807) is 55.5 Å². The number of halogens is 1. The van der Waals surface area contributed by atoms with E-state index in [1.165, 1.54) is 24.7 Å². The lowest BCUT2D eigenvalue weighted by Crippen LogP contribution is -2.28. The van der Waals surface area contributed by atoms with Crippen molar-refractivity contribution in [1.82, 2.24) is 15.2 Å². The summed E-state index contributed by atoms with van der Waals surface area (Å²) in [7, 11) is 0. The molecule has 1 amide bonds. The summed E-state index contributed by atoms with van der Waals surface area (Å²) in [4.78, 5) is 35.7. The summed E-state index contributed by atoms with van der Waals surface area (Å²) in [5.41, 5.74) is 3.59. The molecule has 33 heavy (non-hydrogen) atoms. The molecule has 1 N–H and O–H groups in total. The van der Waals surface area contributed by atoms with Gasteiger partial charge in [-0.2, -0.15) is 10.2 Å². The Bertz CT molecular complexity index is 1250. The van der Waals surface area contributed by atoms with Gasteiger partial charge < -0.3 is 4.74 Å². The lowest BCUT2D eigenvalue weighted by Gasteiger charge is -2.12. The molecule has 170 valence electrons. The highest BCUT2D eigenvalue weighted by atomic mass is 79.9. The van der Waals surface area contributed by atoms with Crippen molar-refractivity contribution in [1.29, 1.82) is 0 Å². The van der Waals surface area contributed by atoms with Crippen LogP contribution < -0.4 is 10.2 Å². The normalized spacial score (nSPS) is 11.9. The van der Waals surface area contributed by atoms with E-state index in [0.29, 0.717) is 15.6 Å². The van der Waals surface area contributed by atoms with E-state index < -0.39 is 22.8 Å². The number of hydrogen-bond acceptors (Lipinski definition) is 7. The smallest absolute Gasteiger partial charge is 0.344 e. The van der Waals surface area contributed by atoms with E-state index in [2.05, 4.69) is 31.6 Å². The van der Waals surface area contributed by atoms with Crippen molar-refractivity contribution in [2.45, 2.75) is 26.8 Å². The second-order valence-electron chi connectivity index (χ2n) is 7.04. The van der Waals surface area contributed by atoms with Crippen molar-refractivity contribution in [3.63, 3.8) is 0 Å². The number of carbonyl (C=O) groups excluding carboxylic acids is 2. The van der Waals surface area contributed by atoms with Crippen molar-refractivity contribution in [3.8, 4) is 5.75 Å². The zero-order valence-electron chi connectivity index (χ0n) is 18.0. The lowest BCUT2D eigenvalue weighted by atomic mass is 10.2. The fourth-order valence-corrected chi connectivity index (χ4v) is 3.57. The minimum absolute atomic E-state index is 0.126. The number of aryl methyl sites for hydroxylation is 1. The molecule has 10 nitrogen and oxygen atoms in total. The largest absolute Gasteiger partial charge is 0.422 e. The van der Waals surface area contributed by atoms with Gasteiger partial charge in [0, 0.05) is 10.0 Å². The van der Waals surface area contributed by atoms with E-state index in [0.717, 1.165) is 0 Å². The summed E-state index contributed by atoms with van der Waals surface area (Å²) in [6.45, 7) is 4.60. The number of aromatic nitrogens is 2. The molecule has 1 aromatic heterocycles. The van der Waals surface area contributed by atoms with E-state index >= 15 is 0 Å². The molecule has 1 unspecified atom stereocenters. The number of benzene rings is 2. The van der Waals surface area contributed by atoms with Crippen molar-refractivity contribution in [2.75, 3.05) is 0 Å².